The summed E-state index contributed by atoms with van der Waals surface area (Å²) in [7, 11) is 0. The Labute approximate surface area is 222 Å². The lowest BCUT2D eigenvalue weighted by atomic mass is 9.77. The molecule has 0 aromatic heterocycles. The third-order valence-electron chi connectivity index (χ3n) is 7.35. The highest BCUT2D eigenvalue weighted by atomic mass is 35.5. The minimum Gasteiger partial charge on any atom is -0.462 e. The van der Waals surface area contributed by atoms with E-state index in [4.69, 9.17) is 21.1 Å². The fourth-order valence-electron chi connectivity index (χ4n) is 5.69. The zero-order valence-corrected chi connectivity index (χ0v) is 20.8. The smallest absolute Gasteiger partial charge is 0.338 e. The van der Waals surface area contributed by atoms with Crippen molar-refractivity contribution < 1.29 is 33.4 Å². The van der Waals surface area contributed by atoms with E-state index in [-0.39, 0.29) is 29.0 Å². The Hall–Kier alpha value is -4.14. The number of carbonyl (C=O) groups excluding carboxylic acids is 5. The lowest BCUT2D eigenvalue weighted by molar-refractivity contribution is -0.127. The van der Waals surface area contributed by atoms with Crippen LogP contribution in [0.15, 0.2) is 72.8 Å². The van der Waals surface area contributed by atoms with E-state index in [2.05, 4.69) is 0 Å². The van der Waals surface area contributed by atoms with Gasteiger partial charge in [-0.1, -0.05) is 48.0 Å². The number of halogens is 1. The van der Waals surface area contributed by atoms with Gasteiger partial charge in [-0.05, 0) is 48.9 Å². The molecule has 2 aliphatic heterocycles. The first-order chi connectivity index (χ1) is 18.3. The monoisotopic (exact) mass is 529 g/mol. The molecule has 3 aliphatic rings. The predicted molar refractivity (Wildman–Crippen MR) is 135 cm³/mol. The molecule has 2 amide bonds. The number of rotatable bonds is 4. The Bertz CT molecular complexity index is 1490. The number of anilines is 1. The minimum atomic E-state index is -2.16. The average molecular weight is 530 g/mol. The number of benzene rings is 3. The summed E-state index contributed by atoms with van der Waals surface area (Å²) in [5, 5.41) is 0.454. The Balaban J connectivity index is 1.46. The van der Waals surface area contributed by atoms with Gasteiger partial charge in [-0.3, -0.25) is 19.2 Å². The molecule has 0 bridgehead atoms. The van der Waals surface area contributed by atoms with Gasteiger partial charge in [-0.2, -0.15) is 0 Å². The fraction of sp³-hybridized carbons (Fsp3) is 0.207. The molecule has 3 atom stereocenters. The Morgan fingerprint density at radius 3 is 2.08 bits per heavy atom. The molecule has 0 N–H and O–H groups in total. The van der Waals surface area contributed by atoms with E-state index >= 15 is 0 Å². The Morgan fingerprint density at radius 2 is 1.50 bits per heavy atom. The van der Waals surface area contributed by atoms with Gasteiger partial charge in [-0.25, -0.2) is 9.69 Å². The maximum atomic E-state index is 14.0. The van der Waals surface area contributed by atoms with Crippen LogP contribution in [0.4, 0.5) is 5.69 Å². The van der Waals surface area contributed by atoms with Gasteiger partial charge >= 0.3 is 5.97 Å². The summed E-state index contributed by atoms with van der Waals surface area (Å²) in [6.45, 7) is 1.89. The number of Topliss-reactive ketones (excluding diaryl/α,β-unsaturated/α-hetero) is 2. The molecule has 2 saturated heterocycles. The molecule has 38 heavy (non-hydrogen) atoms. The number of ketones is 2. The van der Waals surface area contributed by atoms with Gasteiger partial charge in [0.05, 0.1) is 35.8 Å². The highest BCUT2D eigenvalue weighted by Gasteiger charge is 2.74. The second kappa shape index (κ2) is 8.72. The molecule has 3 aromatic carbocycles. The van der Waals surface area contributed by atoms with Gasteiger partial charge < -0.3 is 9.47 Å². The second-order valence-corrected chi connectivity index (χ2v) is 9.75. The Kier molecular flexibility index (Phi) is 5.55. The minimum absolute atomic E-state index is 0.158. The molecule has 6 rings (SSSR count). The Morgan fingerprint density at radius 1 is 0.895 bits per heavy atom. The van der Waals surface area contributed by atoms with E-state index in [0.29, 0.717) is 10.6 Å². The molecule has 1 spiro atoms. The molecule has 9 heteroatoms. The number of hydrogen-bond donors (Lipinski definition) is 0. The summed E-state index contributed by atoms with van der Waals surface area (Å²) in [5.41, 5.74) is -0.868. The number of nitrogens with zero attached hydrogens (tertiary/aromatic N) is 1. The van der Waals surface area contributed by atoms with Gasteiger partial charge in [0, 0.05) is 16.1 Å². The second-order valence-electron chi connectivity index (χ2n) is 9.31. The van der Waals surface area contributed by atoms with Crippen LogP contribution in [0, 0.1) is 11.8 Å². The summed E-state index contributed by atoms with van der Waals surface area (Å²) < 4.78 is 11.2. The van der Waals surface area contributed by atoms with E-state index in [1.165, 1.54) is 36.4 Å². The average Bonchev–Trinajstić information content (AvgIpc) is 3.49. The molecule has 190 valence electrons. The van der Waals surface area contributed by atoms with Crippen LogP contribution >= 0.6 is 11.6 Å². The number of carbonyl (C=O) groups is 5. The zero-order valence-electron chi connectivity index (χ0n) is 20.1. The largest absolute Gasteiger partial charge is 0.462 e. The van der Waals surface area contributed by atoms with Crippen molar-refractivity contribution in [2.75, 3.05) is 11.5 Å². The van der Waals surface area contributed by atoms with E-state index in [1.54, 1.807) is 43.3 Å². The summed E-state index contributed by atoms with van der Waals surface area (Å²) in [5.74, 6) is -5.61. The van der Waals surface area contributed by atoms with Crippen LogP contribution < -0.4 is 4.90 Å². The maximum Gasteiger partial charge on any atom is 0.338 e. The molecule has 2 fully saturated rings. The standard InChI is InChI=1S/C29H20ClNO7/c1-2-37-28(36)16-9-13-18(14-10-16)31-26(34)21-22(27(31)35)29(38-23(21)15-7-11-17(30)12-8-15)24(32)19-5-3-4-6-20(19)25(29)33/h3-14,21-23H,2H2,1H3/t21-,22+,23-/m0/s1. The summed E-state index contributed by atoms with van der Waals surface area (Å²) in [6, 6.07) is 18.6. The number of ether oxygens (including phenoxy) is 2. The van der Waals surface area contributed by atoms with Crippen LogP contribution in [-0.2, 0) is 19.1 Å². The molecule has 0 radical (unpaired) electrons. The van der Waals surface area contributed by atoms with Crippen molar-refractivity contribution in [2.24, 2.45) is 11.8 Å². The molecular formula is C29H20ClNO7. The molecular weight excluding hydrogens is 510 g/mol. The number of hydrogen-bond acceptors (Lipinski definition) is 7. The van der Waals surface area contributed by atoms with Crippen molar-refractivity contribution in [1.29, 1.82) is 0 Å². The van der Waals surface area contributed by atoms with Crippen molar-refractivity contribution >= 4 is 46.6 Å². The first-order valence-electron chi connectivity index (χ1n) is 12.1. The normalized spacial score (nSPS) is 23.2. The van der Waals surface area contributed by atoms with Gasteiger partial charge in [0.2, 0.25) is 29.0 Å². The fourth-order valence-corrected chi connectivity index (χ4v) is 5.81. The van der Waals surface area contributed by atoms with E-state index < -0.39 is 52.9 Å². The number of amides is 2. The highest BCUT2D eigenvalue weighted by Crippen LogP contribution is 2.57. The molecule has 1 aliphatic carbocycles. The SMILES string of the molecule is CCOC(=O)c1ccc(N2C(=O)[C@@H]3[C@H](c4ccc(Cl)cc4)OC4(C(=O)c5ccccc5C4=O)[C@H]3C2=O)cc1. The first-order valence-corrected chi connectivity index (χ1v) is 12.4. The van der Waals surface area contributed by atoms with Crippen molar-refractivity contribution in [3.05, 3.63) is 100 Å². The molecule has 0 unspecified atom stereocenters. The quantitative estimate of drug-likeness (QED) is 0.283. The van der Waals surface area contributed by atoms with Gasteiger partial charge in [-0.15, -0.1) is 0 Å². The predicted octanol–water partition coefficient (Wildman–Crippen LogP) is 4.21. The van der Waals surface area contributed by atoms with E-state index in [9.17, 15) is 24.0 Å². The third kappa shape index (κ3) is 3.23. The lowest BCUT2D eigenvalue weighted by Gasteiger charge is -2.27. The molecule has 2 heterocycles. The lowest BCUT2D eigenvalue weighted by Crippen LogP contribution is -2.51. The number of imide groups is 1. The van der Waals surface area contributed by atoms with Crippen molar-refractivity contribution in [2.45, 2.75) is 18.6 Å². The third-order valence-corrected chi connectivity index (χ3v) is 7.61. The number of esters is 1. The first kappa shape index (κ1) is 24.2. The molecule has 8 nitrogen and oxygen atoms in total. The van der Waals surface area contributed by atoms with Crippen LogP contribution in [-0.4, -0.2) is 41.6 Å². The van der Waals surface area contributed by atoms with Crippen LogP contribution in [0.3, 0.4) is 0 Å². The van der Waals surface area contributed by atoms with Gasteiger partial charge in [0.15, 0.2) is 0 Å². The zero-order chi connectivity index (χ0) is 26.8. The van der Waals surface area contributed by atoms with Crippen molar-refractivity contribution in [1.82, 2.24) is 0 Å². The molecule has 0 saturated carbocycles. The maximum absolute atomic E-state index is 14.0. The van der Waals surface area contributed by atoms with Gasteiger partial charge in [0.1, 0.15) is 0 Å². The highest BCUT2D eigenvalue weighted by molar-refractivity contribution is 6.37. The van der Waals surface area contributed by atoms with Crippen molar-refractivity contribution in [3.8, 4) is 0 Å². The summed E-state index contributed by atoms with van der Waals surface area (Å²) >= 11 is 6.06. The molecule has 3 aromatic rings. The van der Waals surface area contributed by atoms with E-state index in [1.807, 2.05) is 0 Å². The number of fused-ring (bicyclic) bond motifs is 3. The van der Waals surface area contributed by atoms with Gasteiger partial charge in [0.25, 0.3) is 0 Å². The van der Waals surface area contributed by atoms with Crippen LogP contribution in [0.5, 0.6) is 0 Å². The van der Waals surface area contributed by atoms with Crippen LogP contribution in [0.1, 0.15) is 49.7 Å². The van der Waals surface area contributed by atoms with Crippen molar-refractivity contribution in [3.63, 3.8) is 0 Å². The van der Waals surface area contributed by atoms with Crippen LogP contribution in [0.2, 0.25) is 5.02 Å². The van der Waals surface area contributed by atoms with E-state index in [0.717, 1.165) is 4.90 Å². The van der Waals surface area contributed by atoms with Crippen LogP contribution in [0.25, 0.3) is 0 Å². The summed E-state index contributed by atoms with van der Waals surface area (Å²) in [4.78, 5) is 68.4. The summed E-state index contributed by atoms with van der Waals surface area (Å²) in [6.07, 6.45) is -1.04. The topological polar surface area (TPSA) is 107 Å².